The van der Waals surface area contributed by atoms with Crippen molar-refractivity contribution >= 4 is 51.7 Å². The first-order valence-electron chi connectivity index (χ1n) is 10.2. The summed E-state index contributed by atoms with van der Waals surface area (Å²) in [6.45, 7) is 2.91. The number of nitrogens with zero attached hydrogens (tertiary/aromatic N) is 4. The van der Waals surface area contributed by atoms with Gasteiger partial charge in [-0.2, -0.15) is 0 Å². The summed E-state index contributed by atoms with van der Waals surface area (Å²) in [5, 5.41) is 0. The second-order valence-corrected chi connectivity index (χ2v) is 9.38. The van der Waals surface area contributed by atoms with Crippen LogP contribution in [0.25, 0.3) is 11.7 Å². The maximum absolute atomic E-state index is 13.3. The summed E-state index contributed by atoms with van der Waals surface area (Å²) in [5.74, 6) is 0.485. The van der Waals surface area contributed by atoms with Gasteiger partial charge in [0.2, 0.25) is 0 Å². The SMILES string of the molecule is O=C1/C(=C/c2c(N3CCCC3)nc3ccccn3c2=O)SC(=S)N1C[C@H]1CCCO1. The number of carbonyl (C=O) groups is 1. The minimum Gasteiger partial charge on any atom is -0.376 e. The van der Waals surface area contributed by atoms with Gasteiger partial charge in [-0.15, -0.1) is 0 Å². The second-order valence-electron chi connectivity index (χ2n) is 7.70. The van der Waals surface area contributed by atoms with Gasteiger partial charge in [-0.3, -0.25) is 18.9 Å². The standard InChI is InChI=1S/C21H22N4O3S2/c26-19-15(12-16-20(27)25(21(29)30-16)13-14-6-5-11-28-14)18(23-8-3-4-9-23)22-17-7-1-2-10-24(17)19/h1-2,7,10,12,14H,3-6,8-9,11,13H2/b16-12-/t14-/m1/s1. The fourth-order valence-corrected chi connectivity index (χ4v) is 5.42. The van der Waals surface area contributed by atoms with Gasteiger partial charge in [0.05, 0.1) is 23.1 Å². The maximum Gasteiger partial charge on any atom is 0.267 e. The summed E-state index contributed by atoms with van der Waals surface area (Å²) in [6, 6.07) is 5.49. The number of rotatable bonds is 4. The molecule has 3 fully saturated rings. The van der Waals surface area contributed by atoms with Crippen molar-refractivity contribution in [1.29, 1.82) is 0 Å². The number of fused-ring (bicyclic) bond motifs is 1. The minimum atomic E-state index is -0.174. The largest absolute Gasteiger partial charge is 0.376 e. The van der Waals surface area contributed by atoms with Crippen molar-refractivity contribution in [3.05, 3.63) is 45.2 Å². The lowest BCUT2D eigenvalue weighted by atomic mass is 10.2. The normalized spacial score (nSPS) is 23.5. The molecule has 9 heteroatoms. The Morgan fingerprint density at radius 1 is 1.23 bits per heavy atom. The number of thiocarbonyl (C=S) groups is 1. The van der Waals surface area contributed by atoms with E-state index in [1.54, 1.807) is 23.2 Å². The van der Waals surface area contributed by atoms with Crippen molar-refractivity contribution in [3.63, 3.8) is 0 Å². The van der Waals surface area contributed by atoms with Gasteiger partial charge >= 0.3 is 0 Å². The summed E-state index contributed by atoms with van der Waals surface area (Å²) in [6.07, 6.45) is 7.49. The van der Waals surface area contributed by atoms with E-state index in [4.69, 9.17) is 21.9 Å². The highest BCUT2D eigenvalue weighted by Gasteiger charge is 2.35. The summed E-state index contributed by atoms with van der Waals surface area (Å²) < 4.78 is 7.71. The van der Waals surface area contributed by atoms with Crippen LogP contribution in [0.5, 0.6) is 0 Å². The first-order chi connectivity index (χ1) is 14.6. The average Bonchev–Trinajstić information content (AvgIpc) is 3.50. The van der Waals surface area contributed by atoms with Gasteiger partial charge < -0.3 is 9.64 Å². The maximum atomic E-state index is 13.3. The number of ether oxygens (including phenoxy) is 1. The molecule has 0 spiro atoms. The van der Waals surface area contributed by atoms with Crippen LogP contribution >= 0.6 is 24.0 Å². The Morgan fingerprint density at radius 2 is 2.07 bits per heavy atom. The summed E-state index contributed by atoms with van der Waals surface area (Å²) in [4.78, 5) is 35.3. The molecular weight excluding hydrogens is 420 g/mol. The van der Waals surface area contributed by atoms with Gasteiger partial charge in [-0.05, 0) is 43.9 Å². The lowest BCUT2D eigenvalue weighted by Gasteiger charge is -2.19. The fraction of sp³-hybridized carbons (Fsp3) is 0.429. The van der Waals surface area contributed by atoms with Gasteiger partial charge in [0.15, 0.2) is 0 Å². The zero-order chi connectivity index (χ0) is 20.7. The van der Waals surface area contributed by atoms with Gasteiger partial charge in [0, 0.05) is 25.9 Å². The van der Waals surface area contributed by atoms with Crippen molar-refractivity contribution < 1.29 is 9.53 Å². The van der Waals surface area contributed by atoms with E-state index in [-0.39, 0.29) is 17.6 Å². The van der Waals surface area contributed by atoms with Crippen molar-refractivity contribution in [3.8, 4) is 0 Å². The van der Waals surface area contributed by atoms with E-state index in [1.165, 1.54) is 16.2 Å². The fourth-order valence-electron chi connectivity index (χ4n) is 4.17. The van der Waals surface area contributed by atoms with Crippen LogP contribution in [0, 0.1) is 0 Å². The Kier molecular flexibility index (Phi) is 5.34. The third-order valence-electron chi connectivity index (χ3n) is 5.71. The Labute approximate surface area is 183 Å². The highest BCUT2D eigenvalue weighted by Crippen LogP contribution is 2.34. The van der Waals surface area contributed by atoms with E-state index in [0.29, 0.717) is 32.8 Å². The Bertz CT molecular complexity index is 1100. The van der Waals surface area contributed by atoms with Crippen LogP contribution in [0.2, 0.25) is 0 Å². The number of amides is 1. The zero-order valence-electron chi connectivity index (χ0n) is 16.5. The van der Waals surface area contributed by atoms with Gasteiger partial charge in [-0.1, -0.05) is 30.0 Å². The van der Waals surface area contributed by atoms with E-state index < -0.39 is 0 Å². The van der Waals surface area contributed by atoms with Gasteiger partial charge in [-0.25, -0.2) is 4.98 Å². The zero-order valence-corrected chi connectivity index (χ0v) is 18.1. The number of hydrogen-bond donors (Lipinski definition) is 0. The molecule has 1 amide bonds. The summed E-state index contributed by atoms with van der Waals surface area (Å²) in [7, 11) is 0. The number of pyridine rings is 1. The van der Waals surface area contributed by atoms with Crippen LogP contribution in [-0.2, 0) is 9.53 Å². The van der Waals surface area contributed by atoms with Crippen molar-refractivity contribution in [2.24, 2.45) is 0 Å². The number of aromatic nitrogens is 2. The van der Waals surface area contributed by atoms with Crippen molar-refractivity contribution in [1.82, 2.24) is 14.3 Å². The molecular formula is C21H22N4O3S2. The molecule has 3 aliphatic heterocycles. The Balaban J connectivity index is 1.55. The average molecular weight is 443 g/mol. The molecule has 2 aromatic heterocycles. The molecule has 0 radical (unpaired) electrons. The monoisotopic (exact) mass is 442 g/mol. The third kappa shape index (κ3) is 3.55. The molecule has 0 saturated carbocycles. The van der Waals surface area contributed by atoms with Crippen LogP contribution in [-0.4, -0.2) is 56.9 Å². The van der Waals surface area contributed by atoms with Crippen LogP contribution in [0.4, 0.5) is 5.82 Å². The molecule has 0 unspecified atom stereocenters. The topological polar surface area (TPSA) is 67.2 Å². The Morgan fingerprint density at radius 3 is 2.83 bits per heavy atom. The quantitative estimate of drug-likeness (QED) is 0.533. The van der Waals surface area contributed by atoms with Gasteiger partial charge in [0.25, 0.3) is 11.5 Å². The molecule has 156 valence electrons. The molecule has 30 heavy (non-hydrogen) atoms. The van der Waals surface area contributed by atoms with Crippen LogP contribution in [0.3, 0.4) is 0 Å². The van der Waals surface area contributed by atoms with E-state index in [9.17, 15) is 9.59 Å². The van der Waals surface area contributed by atoms with Crippen LogP contribution in [0.15, 0.2) is 34.1 Å². The predicted octanol–water partition coefficient (Wildman–Crippen LogP) is 2.67. The molecule has 5 heterocycles. The Hall–Kier alpha value is -2.23. The number of thioether (sulfide) groups is 1. The van der Waals surface area contributed by atoms with Crippen molar-refractivity contribution in [2.45, 2.75) is 31.8 Å². The van der Waals surface area contributed by atoms with Gasteiger partial charge in [0.1, 0.15) is 15.8 Å². The van der Waals surface area contributed by atoms with E-state index in [1.807, 2.05) is 12.1 Å². The first-order valence-corrected chi connectivity index (χ1v) is 11.5. The summed E-state index contributed by atoms with van der Waals surface area (Å²) in [5.41, 5.74) is 0.873. The molecule has 7 nitrogen and oxygen atoms in total. The molecule has 1 atom stereocenters. The molecule has 0 aliphatic carbocycles. The second kappa shape index (κ2) is 8.13. The number of hydrogen-bond acceptors (Lipinski definition) is 7. The van der Waals surface area contributed by atoms with Crippen LogP contribution in [0.1, 0.15) is 31.2 Å². The molecule has 0 N–H and O–H groups in total. The highest BCUT2D eigenvalue weighted by molar-refractivity contribution is 8.26. The number of carbonyl (C=O) groups excluding carboxylic acids is 1. The van der Waals surface area contributed by atoms with E-state index in [2.05, 4.69) is 4.90 Å². The lowest BCUT2D eigenvalue weighted by molar-refractivity contribution is -0.123. The minimum absolute atomic E-state index is 0.0278. The molecule has 3 saturated heterocycles. The third-order valence-corrected chi connectivity index (χ3v) is 7.09. The van der Waals surface area contributed by atoms with Crippen LogP contribution < -0.4 is 10.5 Å². The smallest absolute Gasteiger partial charge is 0.267 e. The highest BCUT2D eigenvalue weighted by atomic mass is 32.2. The number of anilines is 1. The predicted molar refractivity (Wildman–Crippen MR) is 122 cm³/mol. The van der Waals surface area contributed by atoms with E-state index >= 15 is 0 Å². The van der Waals surface area contributed by atoms with E-state index in [0.717, 1.165) is 45.4 Å². The molecule has 0 aromatic carbocycles. The molecule has 2 aromatic rings. The molecule has 5 rings (SSSR count). The molecule has 0 bridgehead atoms. The molecule has 3 aliphatic rings. The first kappa shape index (κ1) is 19.7. The van der Waals surface area contributed by atoms with Crippen molar-refractivity contribution in [2.75, 3.05) is 31.1 Å². The summed E-state index contributed by atoms with van der Waals surface area (Å²) >= 11 is 6.70. The lowest BCUT2D eigenvalue weighted by Crippen LogP contribution is -2.35.